The predicted octanol–water partition coefficient (Wildman–Crippen LogP) is 2.96. The second-order valence-electron chi connectivity index (χ2n) is 5.96. The molecular formula is C20H25NO5. The van der Waals surface area contributed by atoms with Crippen LogP contribution in [0.3, 0.4) is 0 Å². The Labute approximate surface area is 154 Å². The van der Waals surface area contributed by atoms with Crippen LogP contribution in [0.15, 0.2) is 24.3 Å². The van der Waals surface area contributed by atoms with Gasteiger partial charge in [-0.05, 0) is 24.1 Å². The molecule has 1 aliphatic heterocycles. The van der Waals surface area contributed by atoms with E-state index >= 15 is 0 Å². The average molecular weight is 359 g/mol. The van der Waals surface area contributed by atoms with E-state index in [9.17, 15) is 0 Å². The van der Waals surface area contributed by atoms with E-state index in [2.05, 4.69) is 11.4 Å². The minimum atomic E-state index is -0.0479. The number of hydrogen-bond donors (Lipinski definition) is 1. The summed E-state index contributed by atoms with van der Waals surface area (Å²) in [6, 6.07) is 7.77. The minimum Gasteiger partial charge on any atom is -0.496 e. The highest BCUT2D eigenvalue weighted by molar-refractivity contribution is 5.58. The monoisotopic (exact) mass is 359 g/mol. The highest BCUT2D eigenvalue weighted by Crippen LogP contribution is 2.44. The van der Waals surface area contributed by atoms with Crippen molar-refractivity contribution in [2.75, 3.05) is 42.1 Å². The van der Waals surface area contributed by atoms with E-state index in [0.29, 0.717) is 11.5 Å². The lowest BCUT2D eigenvalue weighted by molar-refractivity contribution is 0.343. The molecule has 1 atom stereocenters. The number of fused-ring (bicyclic) bond motifs is 1. The number of ether oxygens (including phenoxy) is 5. The van der Waals surface area contributed by atoms with Gasteiger partial charge in [-0.2, -0.15) is 0 Å². The summed E-state index contributed by atoms with van der Waals surface area (Å²) in [5, 5.41) is 3.57. The predicted molar refractivity (Wildman–Crippen MR) is 99.2 cm³/mol. The molecule has 0 radical (unpaired) electrons. The molecule has 1 N–H and O–H groups in total. The van der Waals surface area contributed by atoms with Crippen molar-refractivity contribution in [2.24, 2.45) is 0 Å². The van der Waals surface area contributed by atoms with Crippen molar-refractivity contribution in [2.45, 2.75) is 12.5 Å². The molecule has 0 aromatic heterocycles. The Kier molecular flexibility index (Phi) is 5.42. The molecule has 26 heavy (non-hydrogen) atoms. The van der Waals surface area contributed by atoms with E-state index in [1.165, 1.54) is 0 Å². The van der Waals surface area contributed by atoms with Crippen molar-refractivity contribution in [3.8, 4) is 28.7 Å². The molecule has 0 saturated heterocycles. The molecule has 6 heteroatoms. The summed E-state index contributed by atoms with van der Waals surface area (Å²) in [6.07, 6.45) is 0.863. The van der Waals surface area contributed by atoms with Crippen LogP contribution in [0.2, 0.25) is 0 Å². The standard InChI is InChI=1S/C20H25NO5/c1-22-15-7-6-12-13(20(15)26-5)8-9-21-19(12)14-10-17(24-3)18(25-4)11-16(14)23-2/h6-7,10-11,19,21H,8-9H2,1-5H3. The number of benzene rings is 2. The molecule has 0 bridgehead atoms. The Morgan fingerprint density at radius 3 is 2.00 bits per heavy atom. The molecule has 0 aliphatic carbocycles. The van der Waals surface area contributed by atoms with Gasteiger partial charge in [0.2, 0.25) is 0 Å². The number of hydrogen-bond acceptors (Lipinski definition) is 6. The van der Waals surface area contributed by atoms with Crippen molar-refractivity contribution in [1.29, 1.82) is 0 Å². The molecule has 140 valence electrons. The Bertz CT molecular complexity index is 790. The van der Waals surface area contributed by atoms with Crippen LogP contribution in [0, 0.1) is 0 Å². The zero-order chi connectivity index (χ0) is 18.7. The molecular weight excluding hydrogens is 334 g/mol. The largest absolute Gasteiger partial charge is 0.496 e. The van der Waals surface area contributed by atoms with E-state index in [-0.39, 0.29) is 6.04 Å². The van der Waals surface area contributed by atoms with Crippen molar-refractivity contribution in [3.63, 3.8) is 0 Å². The summed E-state index contributed by atoms with van der Waals surface area (Å²) < 4.78 is 27.6. The molecule has 2 aromatic carbocycles. The van der Waals surface area contributed by atoms with Gasteiger partial charge >= 0.3 is 0 Å². The molecule has 0 saturated carbocycles. The van der Waals surface area contributed by atoms with Crippen molar-refractivity contribution < 1.29 is 23.7 Å². The fourth-order valence-corrected chi connectivity index (χ4v) is 3.54. The van der Waals surface area contributed by atoms with Gasteiger partial charge < -0.3 is 29.0 Å². The van der Waals surface area contributed by atoms with E-state index < -0.39 is 0 Å². The molecule has 1 aliphatic rings. The highest BCUT2D eigenvalue weighted by Gasteiger charge is 2.29. The maximum absolute atomic E-state index is 5.63. The molecule has 1 unspecified atom stereocenters. The zero-order valence-electron chi connectivity index (χ0n) is 15.8. The van der Waals surface area contributed by atoms with Crippen LogP contribution in [-0.4, -0.2) is 42.1 Å². The molecule has 0 fully saturated rings. The lowest BCUT2D eigenvalue weighted by Gasteiger charge is -2.30. The maximum Gasteiger partial charge on any atom is 0.164 e. The first-order valence-corrected chi connectivity index (χ1v) is 8.45. The maximum atomic E-state index is 5.63. The summed E-state index contributed by atoms with van der Waals surface area (Å²) in [5.41, 5.74) is 3.27. The van der Waals surface area contributed by atoms with Crippen LogP contribution >= 0.6 is 0 Å². The van der Waals surface area contributed by atoms with Crippen LogP contribution in [0.5, 0.6) is 28.7 Å². The van der Waals surface area contributed by atoms with Gasteiger partial charge in [0.05, 0.1) is 41.6 Å². The smallest absolute Gasteiger partial charge is 0.164 e. The van der Waals surface area contributed by atoms with Gasteiger partial charge in [-0.25, -0.2) is 0 Å². The van der Waals surface area contributed by atoms with Gasteiger partial charge in [0.25, 0.3) is 0 Å². The molecule has 0 amide bonds. The van der Waals surface area contributed by atoms with Crippen molar-refractivity contribution >= 4 is 0 Å². The van der Waals surface area contributed by atoms with E-state index in [1.807, 2.05) is 18.2 Å². The summed E-state index contributed by atoms with van der Waals surface area (Å²) >= 11 is 0. The molecule has 3 rings (SSSR count). The molecule has 0 spiro atoms. The summed E-state index contributed by atoms with van der Waals surface area (Å²) in [5.74, 6) is 3.57. The van der Waals surface area contributed by atoms with Crippen LogP contribution in [0.25, 0.3) is 0 Å². The Balaban J connectivity index is 2.16. The summed E-state index contributed by atoms with van der Waals surface area (Å²) in [6.45, 7) is 0.818. The van der Waals surface area contributed by atoms with Gasteiger partial charge in [0, 0.05) is 23.7 Å². The third-order valence-corrected chi connectivity index (χ3v) is 4.77. The van der Waals surface area contributed by atoms with Crippen LogP contribution in [0.4, 0.5) is 0 Å². The van der Waals surface area contributed by atoms with Gasteiger partial charge in [0.15, 0.2) is 23.0 Å². The van der Waals surface area contributed by atoms with Gasteiger partial charge in [-0.1, -0.05) is 6.07 Å². The third-order valence-electron chi connectivity index (χ3n) is 4.77. The number of rotatable bonds is 6. The van der Waals surface area contributed by atoms with Crippen LogP contribution in [-0.2, 0) is 6.42 Å². The summed E-state index contributed by atoms with van der Waals surface area (Å²) in [7, 11) is 8.22. The highest BCUT2D eigenvalue weighted by atomic mass is 16.5. The third kappa shape index (κ3) is 3.01. The van der Waals surface area contributed by atoms with Gasteiger partial charge in [-0.3, -0.25) is 0 Å². The average Bonchev–Trinajstić information content (AvgIpc) is 2.71. The van der Waals surface area contributed by atoms with E-state index in [1.54, 1.807) is 35.5 Å². The van der Waals surface area contributed by atoms with Crippen LogP contribution < -0.4 is 29.0 Å². The minimum absolute atomic E-state index is 0.0479. The van der Waals surface area contributed by atoms with Crippen molar-refractivity contribution in [1.82, 2.24) is 5.32 Å². The lowest BCUT2D eigenvalue weighted by Crippen LogP contribution is -2.31. The zero-order valence-corrected chi connectivity index (χ0v) is 15.8. The van der Waals surface area contributed by atoms with E-state index in [4.69, 9.17) is 23.7 Å². The number of methoxy groups -OCH3 is 5. The fraction of sp³-hybridized carbons (Fsp3) is 0.400. The molecule has 6 nitrogen and oxygen atoms in total. The van der Waals surface area contributed by atoms with Gasteiger partial charge in [0.1, 0.15) is 5.75 Å². The SMILES string of the molecule is COc1cc(OC)c(C2NCCc3c2ccc(OC)c3OC)cc1OC. The normalized spacial score (nSPS) is 15.8. The Morgan fingerprint density at radius 1 is 0.731 bits per heavy atom. The topological polar surface area (TPSA) is 58.2 Å². The first-order valence-electron chi connectivity index (χ1n) is 8.45. The van der Waals surface area contributed by atoms with Gasteiger partial charge in [-0.15, -0.1) is 0 Å². The molecule has 2 aromatic rings. The molecule has 1 heterocycles. The Morgan fingerprint density at radius 2 is 1.38 bits per heavy atom. The first kappa shape index (κ1) is 18.2. The van der Waals surface area contributed by atoms with E-state index in [0.717, 1.165) is 46.9 Å². The quantitative estimate of drug-likeness (QED) is 0.856. The fourth-order valence-electron chi connectivity index (χ4n) is 3.54. The van der Waals surface area contributed by atoms with Crippen LogP contribution in [0.1, 0.15) is 22.7 Å². The lowest BCUT2D eigenvalue weighted by atomic mass is 9.88. The first-order chi connectivity index (χ1) is 12.7. The Hall–Kier alpha value is -2.60. The van der Waals surface area contributed by atoms with Crippen molar-refractivity contribution in [3.05, 3.63) is 41.0 Å². The summed E-state index contributed by atoms with van der Waals surface area (Å²) in [4.78, 5) is 0. The number of nitrogens with one attached hydrogen (secondary N) is 1. The second-order valence-corrected chi connectivity index (χ2v) is 5.96. The second kappa shape index (κ2) is 7.74.